The summed E-state index contributed by atoms with van der Waals surface area (Å²) in [6.07, 6.45) is 1.88. The molecule has 76 valence electrons. The first-order chi connectivity index (χ1) is 6.79. The molecule has 14 heavy (non-hydrogen) atoms. The van der Waals surface area contributed by atoms with Crippen LogP contribution >= 0.6 is 0 Å². The van der Waals surface area contributed by atoms with Crippen LogP contribution in [0.1, 0.15) is 5.69 Å². The fraction of sp³-hybridized carbons (Fsp3) is 0.545. The molecule has 0 saturated carbocycles. The van der Waals surface area contributed by atoms with Crippen molar-refractivity contribution in [1.82, 2.24) is 10.3 Å². The van der Waals surface area contributed by atoms with Crippen LogP contribution in [0.2, 0.25) is 0 Å². The summed E-state index contributed by atoms with van der Waals surface area (Å²) in [6.45, 7) is 5.72. The highest BCUT2D eigenvalue weighted by atomic mass is 15.4. The minimum Gasteiger partial charge on any atom is -0.319 e. The number of rotatable bonds is 2. The summed E-state index contributed by atoms with van der Waals surface area (Å²) in [6, 6.07) is 6.16. The van der Waals surface area contributed by atoms with E-state index in [1.165, 1.54) is 18.8 Å². The normalized spacial score (nSPS) is 20.6. The van der Waals surface area contributed by atoms with Crippen molar-refractivity contribution in [2.24, 2.45) is 0 Å². The predicted octanol–water partition coefficient (Wildman–Crippen LogP) is 0.631. The number of pyridine rings is 1. The van der Waals surface area contributed by atoms with Gasteiger partial charge in [-0.05, 0) is 12.1 Å². The summed E-state index contributed by atoms with van der Waals surface area (Å²) in [5.41, 5.74) is 1.21. The molecule has 0 bridgehead atoms. The van der Waals surface area contributed by atoms with E-state index in [4.69, 9.17) is 0 Å². The number of nitrogens with one attached hydrogen (secondary N) is 1. The van der Waals surface area contributed by atoms with Gasteiger partial charge >= 0.3 is 0 Å². The third kappa shape index (κ3) is 2.30. The van der Waals surface area contributed by atoms with E-state index < -0.39 is 0 Å². The summed E-state index contributed by atoms with van der Waals surface area (Å²) in [5, 5.41) is 3.39. The Labute approximate surface area is 85.4 Å². The van der Waals surface area contributed by atoms with E-state index in [0.717, 1.165) is 24.1 Å². The number of quaternary nitrogens is 1. The molecule has 1 aliphatic rings. The first-order valence-corrected chi connectivity index (χ1v) is 5.23. The van der Waals surface area contributed by atoms with E-state index in [-0.39, 0.29) is 0 Å². The minimum atomic E-state index is 1.06. The maximum Gasteiger partial charge on any atom is 0.121 e. The Morgan fingerprint density at radius 3 is 2.79 bits per heavy atom. The molecule has 0 amide bonds. The van der Waals surface area contributed by atoms with Crippen molar-refractivity contribution in [3.05, 3.63) is 30.1 Å². The maximum atomic E-state index is 4.38. The molecule has 0 radical (unpaired) electrons. The van der Waals surface area contributed by atoms with Crippen LogP contribution in [-0.4, -0.2) is 42.7 Å². The van der Waals surface area contributed by atoms with Gasteiger partial charge in [0, 0.05) is 19.3 Å². The molecule has 3 nitrogen and oxygen atoms in total. The minimum absolute atomic E-state index is 1.06. The Morgan fingerprint density at radius 2 is 2.14 bits per heavy atom. The topological polar surface area (TPSA) is 24.9 Å². The summed E-state index contributed by atoms with van der Waals surface area (Å²) in [4.78, 5) is 4.38. The molecule has 1 aromatic rings. The van der Waals surface area contributed by atoms with Gasteiger partial charge in [-0.1, -0.05) is 6.07 Å². The molecule has 2 rings (SSSR count). The van der Waals surface area contributed by atoms with Crippen LogP contribution in [0.15, 0.2) is 24.4 Å². The van der Waals surface area contributed by atoms with Crippen LogP contribution in [0, 0.1) is 0 Å². The Morgan fingerprint density at radius 1 is 1.36 bits per heavy atom. The van der Waals surface area contributed by atoms with Crippen molar-refractivity contribution >= 4 is 0 Å². The lowest BCUT2D eigenvalue weighted by Gasteiger charge is -2.37. The second-order valence-corrected chi connectivity index (χ2v) is 4.30. The fourth-order valence-corrected chi connectivity index (χ4v) is 1.98. The molecule has 3 heteroatoms. The molecule has 0 unspecified atom stereocenters. The molecule has 0 aliphatic carbocycles. The lowest BCUT2D eigenvalue weighted by atomic mass is 10.2. The lowest BCUT2D eigenvalue weighted by molar-refractivity contribution is -0.924. The molecule has 0 spiro atoms. The van der Waals surface area contributed by atoms with E-state index in [2.05, 4.69) is 29.5 Å². The smallest absolute Gasteiger partial charge is 0.121 e. The van der Waals surface area contributed by atoms with E-state index in [0.29, 0.717) is 0 Å². The molecular formula is C11H18N3+. The van der Waals surface area contributed by atoms with Crippen molar-refractivity contribution < 1.29 is 4.48 Å². The zero-order chi connectivity index (χ0) is 9.86. The van der Waals surface area contributed by atoms with Gasteiger partial charge in [-0.3, -0.25) is 4.98 Å². The molecule has 1 aromatic heterocycles. The Bertz CT molecular complexity index is 278. The van der Waals surface area contributed by atoms with Gasteiger partial charge in [0.2, 0.25) is 0 Å². The van der Waals surface area contributed by atoms with Crippen molar-refractivity contribution in [2.75, 3.05) is 33.2 Å². The highest BCUT2D eigenvalue weighted by Gasteiger charge is 2.24. The van der Waals surface area contributed by atoms with Crippen molar-refractivity contribution in [3.8, 4) is 0 Å². The number of aromatic nitrogens is 1. The van der Waals surface area contributed by atoms with Gasteiger partial charge in [0.15, 0.2) is 0 Å². The van der Waals surface area contributed by atoms with Crippen LogP contribution in [0.4, 0.5) is 0 Å². The van der Waals surface area contributed by atoms with E-state index in [9.17, 15) is 0 Å². The molecule has 2 heterocycles. The van der Waals surface area contributed by atoms with Crippen LogP contribution in [0.3, 0.4) is 0 Å². The second kappa shape index (κ2) is 4.07. The standard InChI is InChI=1S/C11H18N3/c1-14(8-6-12-7-9-14)10-11-4-2-3-5-13-11/h2-5,12H,6-10H2,1H3/q+1. The average Bonchev–Trinajstić information content (AvgIpc) is 2.19. The van der Waals surface area contributed by atoms with Crippen LogP contribution in [0.5, 0.6) is 0 Å². The van der Waals surface area contributed by atoms with Gasteiger partial charge in [-0.25, -0.2) is 0 Å². The zero-order valence-corrected chi connectivity index (χ0v) is 8.74. The van der Waals surface area contributed by atoms with E-state index in [1.807, 2.05) is 12.3 Å². The van der Waals surface area contributed by atoms with Crippen LogP contribution in [-0.2, 0) is 6.54 Å². The first-order valence-electron chi connectivity index (χ1n) is 5.23. The Hall–Kier alpha value is -0.930. The molecule has 1 fully saturated rings. The SMILES string of the molecule is C[N+]1(Cc2ccccn2)CCNCC1. The third-order valence-corrected chi connectivity index (χ3v) is 2.93. The fourth-order valence-electron chi connectivity index (χ4n) is 1.98. The monoisotopic (exact) mass is 192 g/mol. The molecule has 0 aromatic carbocycles. The summed E-state index contributed by atoms with van der Waals surface area (Å²) in [5.74, 6) is 0. The maximum absolute atomic E-state index is 4.38. The number of hydrogen-bond donors (Lipinski definition) is 1. The molecule has 1 N–H and O–H groups in total. The first kappa shape index (κ1) is 9.62. The van der Waals surface area contributed by atoms with Gasteiger partial charge in [0.05, 0.1) is 25.8 Å². The van der Waals surface area contributed by atoms with Crippen LogP contribution in [0.25, 0.3) is 0 Å². The third-order valence-electron chi connectivity index (χ3n) is 2.93. The Kier molecular flexibility index (Phi) is 2.79. The van der Waals surface area contributed by atoms with Gasteiger partial charge in [0.25, 0.3) is 0 Å². The van der Waals surface area contributed by atoms with Gasteiger partial charge in [-0.15, -0.1) is 0 Å². The summed E-state index contributed by atoms with van der Waals surface area (Å²) >= 11 is 0. The zero-order valence-electron chi connectivity index (χ0n) is 8.74. The largest absolute Gasteiger partial charge is 0.319 e. The van der Waals surface area contributed by atoms with Gasteiger partial charge in [-0.2, -0.15) is 0 Å². The quantitative estimate of drug-likeness (QED) is 0.695. The molecular weight excluding hydrogens is 174 g/mol. The summed E-state index contributed by atoms with van der Waals surface area (Å²) in [7, 11) is 2.32. The summed E-state index contributed by atoms with van der Waals surface area (Å²) < 4.78 is 1.12. The van der Waals surface area contributed by atoms with E-state index >= 15 is 0 Å². The lowest BCUT2D eigenvalue weighted by Crippen LogP contribution is -2.55. The number of likely N-dealkylation sites (N-methyl/N-ethyl adjacent to an activating group) is 1. The predicted molar refractivity (Wildman–Crippen MR) is 56.7 cm³/mol. The van der Waals surface area contributed by atoms with Crippen molar-refractivity contribution in [2.45, 2.75) is 6.54 Å². The molecule has 0 atom stereocenters. The highest BCUT2D eigenvalue weighted by molar-refractivity contribution is 5.01. The Balaban J connectivity index is 2.02. The average molecular weight is 192 g/mol. The number of nitrogens with zero attached hydrogens (tertiary/aromatic N) is 2. The van der Waals surface area contributed by atoms with Crippen molar-refractivity contribution in [3.63, 3.8) is 0 Å². The second-order valence-electron chi connectivity index (χ2n) is 4.30. The highest BCUT2D eigenvalue weighted by Crippen LogP contribution is 2.10. The van der Waals surface area contributed by atoms with E-state index in [1.54, 1.807) is 0 Å². The number of hydrogen-bond acceptors (Lipinski definition) is 2. The molecule has 1 aliphatic heterocycles. The molecule has 1 saturated heterocycles. The van der Waals surface area contributed by atoms with Gasteiger partial charge in [0.1, 0.15) is 6.54 Å². The van der Waals surface area contributed by atoms with Crippen molar-refractivity contribution in [1.29, 1.82) is 0 Å². The van der Waals surface area contributed by atoms with Crippen LogP contribution < -0.4 is 5.32 Å². The van der Waals surface area contributed by atoms with Gasteiger partial charge < -0.3 is 9.80 Å². The number of piperazine rings is 1.